The summed E-state index contributed by atoms with van der Waals surface area (Å²) in [5.41, 5.74) is 0.768. The van der Waals surface area contributed by atoms with Gasteiger partial charge in [-0.25, -0.2) is 9.89 Å². The molecule has 2 fully saturated rings. The van der Waals surface area contributed by atoms with Crippen LogP contribution in [0.25, 0.3) is 0 Å². The average molecular weight is 401 g/mol. The Bertz CT molecular complexity index is 878. The Hall–Kier alpha value is -2.02. The molecule has 1 aromatic heterocycles. The first-order valence-electron chi connectivity index (χ1n) is 10.2. The average Bonchev–Trinajstić information content (AvgIpc) is 3.41. The lowest BCUT2D eigenvalue weighted by atomic mass is 9.84. The van der Waals surface area contributed by atoms with Crippen molar-refractivity contribution >= 4 is 17.7 Å². The summed E-state index contributed by atoms with van der Waals surface area (Å²) in [6.45, 7) is 4.45. The van der Waals surface area contributed by atoms with E-state index in [1.165, 1.54) is 37.4 Å². The summed E-state index contributed by atoms with van der Waals surface area (Å²) in [6, 6.07) is 9.99. The maximum atomic E-state index is 12.7. The first-order valence-corrected chi connectivity index (χ1v) is 11.1. The number of carbonyl (C=O) groups excluding carboxylic acids is 1. The van der Waals surface area contributed by atoms with Crippen molar-refractivity contribution in [2.45, 2.75) is 62.5 Å². The second kappa shape index (κ2) is 8.15. The van der Waals surface area contributed by atoms with Gasteiger partial charge >= 0.3 is 5.69 Å². The number of aromatic amines is 1. The van der Waals surface area contributed by atoms with Gasteiger partial charge in [-0.1, -0.05) is 48.5 Å². The smallest absolute Gasteiger partial charge is 0.344 e. The van der Waals surface area contributed by atoms with Gasteiger partial charge in [0.15, 0.2) is 5.16 Å². The Balaban J connectivity index is 1.37. The topological polar surface area (TPSA) is 79.8 Å². The van der Waals surface area contributed by atoms with Gasteiger partial charge in [-0.2, -0.15) is 0 Å². The Labute approximate surface area is 169 Å². The van der Waals surface area contributed by atoms with Gasteiger partial charge in [0, 0.05) is 6.04 Å². The third kappa shape index (κ3) is 4.04. The molecule has 0 aliphatic heterocycles. The van der Waals surface area contributed by atoms with E-state index < -0.39 is 0 Å². The maximum Gasteiger partial charge on any atom is 0.344 e. The number of hydrogen-bond donors (Lipinski definition) is 2. The molecule has 2 bridgehead atoms. The number of carbonyl (C=O) groups is 1. The summed E-state index contributed by atoms with van der Waals surface area (Å²) < 4.78 is 1.59. The van der Waals surface area contributed by atoms with Crippen molar-refractivity contribution in [1.82, 2.24) is 20.1 Å². The van der Waals surface area contributed by atoms with E-state index in [1.807, 2.05) is 37.3 Å². The molecule has 6 nitrogen and oxygen atoms in total. The molecule has 0 radical (unpaired) electrons. The number of nitrogens with one attached hydrogen (secondary N) is 2. The van der Waals surface area contributed by atoms with E-state index in [9.17, 15) is 9.59 Å². The van der Waals surface area contributed by atoms with Gasteiger partial charge in [-0.15, -0.1) is 5.10 Å². The van der Waals surface area contributed by atoms with Crippen molar-refractivity contribution in [3.05, 3.63) is 46.4 Å². The van der Waals surface area contributed by atoms with Crippen molar-refractivity contribution < 1.29 is 4.79 Å². The molecule has 2 N–H and O–H groups in total. The summed E-state index contributed by atoms with van der Waals surface area (Å²) in [6.07, 6.45) is 5.28. The molecule has 4 rings (SSSR count). The number of fused-ring (bicyclic) bond motifs is 2. The summed E-state index contributed by atoms with van der Waals surface area (Å²) >= 11 is 1.33. The summed E-state index contributed by atoms with van der Waals surface area (Å²) in [5, 5.41) is 10.1. The lowest BCUT2D eigenvalue weighted by Gasteiger charge is -2.29. The third-order valence-corrected chi connectivity index (χ3v) is 7.45. The number of aromatic nitrogens is 3. The lowest BCUT2D eigenvalue weighted by Crippen LogP contribution is -2.43. The van der Waals surface area contributed by atoms with Gasteiger partial charge in [0.05, 0.1) is 11.8 Å². The fraction of sp³-hybridized carbons (Fsp3) is 0.571. The first kappa shape index (κ1) is 19.3. The zero-order valence-corrected chi connectivity index (χ0v) is 17.2. The third-order valence-electron chi connectivity index (χ3n) is 6.36. The second-order valence-corrected chi connectivity index (χ2v) is 9.59. The van der Waals surface area contributed by atoms with E-state index in [-0.39, 0.29) is 22.9 Å². The van der Waals surface area contributed by atoms with Crippen LogP contribution in [0.2, 0.25) is 0 Å². The molecule has 1 heterocycles. The monoisotopic (exact) mass is 400 g/mol. The van der Waals surface area contributed by atoms with E-state index in [0.29, 0.717) is 17.6 Å². The van der Waals surface area contributed by atoms with Gasteiger partial charge in [0.25, 0.3) is 0 Å². The molecule has 0 spiro atoms. The van der Waals surface area contributed by atoms with Crippen molar-refractivity contribution in [2.75, 3.05) is 0 Å². The number of benzene rings is 1. The van der Waals surface area contributed by atoms with E-state index in [4.69, 9.17) is 0 Å². The lowest BCUT2D eigenvalue weighted by molar-refractivity contribution is -0.121. The molecule has 1 aromatic carbocycles. The van der Waals surface area contributed by atoms with Crippen molar-refractivity contribution in [2.24, 2.45) is 17.8 Å². The van der Waals surface area contributed by atoms with Crippen LogP contribution in [0.3, 0.4) is 0 Å². The van der Waals surface area contributed by atoms with Crippen LogP contribution >= 0.6 is 11.8 Å². The van der Waals surface area contributed by atoms with Crippen molar-refractivity contribution in [3.8, 4) is 0 Å². The predicted octanol–water partition coefficient (Wildman–Crippen LogP) is 3.04. The minimum atomic E-state index is -0.314. The van der Waals surface area contributed by atoms with E-state index >= 15 is 0 Å². The molecule has 2 aromatic rings. The normalized spacial score (nSPS) is 25.6. The van der Waals surface area contributed by atoms with Gasteiger partial charge in [0.1, 0.15) is 0 Å². The number of rotatable bonds is 7. The molecule has 7 heteroatoms. The molecule has 2 saturated carbocycles. The van der Waals surface area contributed by atoms with Crippen LogP contribution in [-0.4, -0.2) is 32.0 Å². The van der Waals surface area contributed by atoms with Crippen LogP contribution < -0.4 is 11.0 Å². The van der Waals surface area contributed by atoms with Gasteiger partial charge in [-0.3, -0.25) is 9.36 Å². The fourth-order valence-electron chi connectivity index (χ4n) is 4.87. The standard InChI is InChI=1S/C21H28N4O2S/c1-13(18-11-16-8-9-17(18)10-16)22-19(26)14(2)28-21-24-23-20(27)25(21)12-15-6-4-3-5-7-15/h3-7,13-14,16-18H,8-12H2,1-2H3,(H,22,26)(H,23,27)/t13-,14+,16+,17+,18+/m1/s1. The molecule has 0 unspecified atom stereocenters. The highest BCUT2D eigenvalue weighted by atomic mass is 32.2. The fourth-order valence-corrected chi connectivity index (χ4v) is 5.73. The van der Waals surface area contributed by atoms with Crippen LogP contribution in [0, 0.1) is 17.8 Å². The largest absolute Gasteiger partial charge is 0.352 e. The highest BCUT2D eigenvalue weighted by Gasteiger charge is 2.42. The maximum absolute atomic E-state index is 12.7. The van der Waals surface area contributed by atoms with Gasteiger partial charge < -0.3 is 5.32 Å². The van der Waals surface area contributed by atoms with Crippen LogP contribution in [-0.2, 0) is 11.3 Å². The van der Waals surface area contributed by atoms with Crippen LogP contribution in [0.4, 0.5) is 0 Å². The van der Waals surface area contributed by atoms with Crippen LogP contribution in [0.15, 0.2) is 40.3 Å². The quantitative estimate of drug-likeness (QED) is 0.700. The molecule has 2 aliphatic rings. The Morgan fingerprint density at radius 1 is 1.29 bits per heavy atom. The van der Waals surface area contributed by atoms with Crippen molar-refractivity contribution in [3.63, 3.8) is 0 Å². The minimum absolute atomic E-state index is 0.0157. The van der Waals surface area contributed by atoms with E-state index in [1.54, 1.807) is 4.57 Å². The molecular formula is C21H28N4O2S. The van der Waals surface area contributed by atoms with Crippen LogP contribution in [0.1, 0.15) is 45.1 Å². The zero-order chi connectivity index (χ0) is 19.7. The molecule has 1 amide bonds. The summed E-state index contributed by atoms with van der Waals surface area (Å²) in [7, 11) is 0. The van der Waals surface area contributed by atoms with Gasteiger partial charge in [-0.05, 0) is 56.4 Å². The van der Waals surface area contributed by atoms with Gasteiger partial charge in [0.2, 0.25) is 5.91 Å². The minimum Gasteiger partial charge on any atom is -0.352 e. The Morgan fingerprint density at radius 3 is 2.75 bits per heavy atom. The number of H-pyrrole nitrogens is 1. The second-order valence-electron chi connectivity index (χ2n) is 8.28. The zero-order valence-electron chi connectivity index (χ0n) is 16.4. The number of amides is 1. The van der Waals surface area contributed by atoms with E-state index in [2.05, 4.69) is 22.4 Å². The molecule has 0 saturated heterocycles. The highest BCUT2D eigenvalue weighted by Crippen LogP contribution is 2.49. The summed E-state index contributed by atoms with van der Waals surface area (Å²) in [4.78, 5) is 24.9. The molecular weight excluding hydrogens is 372 g/mol. The Morgan fingerprint density at radius 2 is 2.07 bits per heavy atom. The molecule has 150 valence electrons. The number of nitrogens with zero attached hydrogens (tertiary/aromatic N) is 2. The highest BCUT2D eigenvalue weighted by molar-refractivity contribution is 8.00. The SMILES string of the molecule is C[C@H](Sc1n[nH]c(=O)n1Cc1ccccc1)C(=O)N[C@H](C)[C@@H]1C[C@H]2CC[C@H]1C2. The first-order chi connectivity index (χ1) is 13.5. The number of hydrogen-bond acceptors (Lipinski definition) is 4. The molecule has 2 aliphatic carbocycles. The van der Waals surface area contributed by atoms with E-state index in [0.717, 1.165) is 17.4 Å². The molecule has 28 heavy (non-hydrogen) atoms. The molecule has 5 atom stereocenters. The van der Waals surface area contributed by atoms with Crippen LogP contribution in [0.5, 0.6) is 0 Å². The number of thioether (sulfide) groups is 1. The predicted molar refractivity (Wildman–Crippen MR) is 110 cm³/mol. The van der Waals surface area contributed by atoms with Crippen molar-refractivity contribution in [1.29, 1.82) is 0 Å². The Kier molecular flexibility index (Phi) is 5.62. The summed E-state index contributed by atoms with van der Waals surface area (Å²) in [5.74, 6) is 2.28.